The molecule has 148 valence electrons. The minimum absolute atomic E-state index is 0.00650. The first-order valence-electron chi connectivity index (χ1n) is 9.49. The van der Waals surface area contributed by atoms with E-state index in [0.717, 1.165) is 33.4 Å². The van der Waals surface area contributed by atoms with Crippen molar-refractivity contribution in [2.24, 2.45) is 10.9 Å². The van der Waals surface area contributed by atoms with Crippen LogP contribution >= 0.6 is 23.1 Å². The highest BCUT2D eigenvalue weighted by Gasteiger charge is 2.64. The van der Waals surface area contributed by atoms with Gasteiger partial charge in [-0.15, -0.1) is 10.2 Å². The fourth-order valence-corrected chi connectivity index (χ4v) is 4.84. The highest BCUT2D eigenvalue weighted by atomic mass is 35.5. The van der Waals surface area contributed by atoms with E-state index in [0.29, 0.717) is 23.8 Å². The van der Waals surface area contributed by atoms with Crippen molar-refractivity contribution in [3.63, 3.8) is 0 Å². The third-order valence-electron chi connectivity index (χ3n) is 5.53. The number of aryl methyl sites for hydroxylation is 2. The van der Waals surface area contributed by atoms with Gasteiger partial charge in [-0.2, -0.15) is 4.37 Å². The van der Waals surface area contributed by atoms with Crippen LogP contribution in [0.1, 0.15) is 41.0 Å². The van der Waals surface area contributed by atoms with Gasteiger partial charge < -0.3 is 5.32 Å². The molecule has 1 aromatic carbocycles. The Morgan fingerprint density at radius 1 is 1.31 bits per heavy atom. The van der Waals surface area contributed by atoms with E-state index in [9.17, 15) is 4.79 Å². The lowest BCUT2D eigenvalue weighted by Crippen LogP contribution is -2.29. The van der Waals surface area contributed by atoms with Crippen molar-refractivity contribution in [1.82, 2.24) is 24.5 Å². The number of amides is 1. The van der Waals surface area contributed by atoms with E-state index in [1.54, 1.807) is 0 Å². The van der Waals surface area contributed by atoms with Crippen LogP contribution in [0, 0.1) is 19.8 Å². The molecule has 1 fully saturated rings. The van der Waals surface area contributed by atoms with Gasteiger partial charge in [0, 0.05) is 22.0 Å². The van der Waals surface area contributed by atoms with E-state index >= 15 is 0 Å². The molecule has 1 spiro atoms. The summed E-state index contributed by atoms with van der Waals surface area (Å²) in [6.45, 7) is 6.44. The van der Waals surface area contributed by atoms with Crippen LogP contribution in [0.2, 0.25) is 5.02 Å². The molecule has 0 bridgehead atoms. The molecule has 2 unspecified atom stereocenters. The van der Waals surface area contributed by atoms with Crippen molar-refractivity contribution >= 4 is 34.8 Å². The summed E-state index contributed by atoms with van der Waals surface area (Å²) in [5.41, 5.74) is 1.98. The highest BCUT2D eigenvalue weighted by molar-refractivity contribution is 7.06. The summed E-state index contributed by atoms with van der Waals surface area (Å²) in [6, 6.07) is 7.62. The summed E-state index contributed by atoms with van der Waals surface area (Å²) in [7, 11) is 0. The number of aliphatic imine (C=N–C) groups is 1. The molecular weight excluding hydrogens is 408 g/mol. The summed E-state index contributed by atoms with van der Waals surface area (Å²) in [6.07, 6.45) is 0.598. The molecule has 3 heterocycles. The van der Waals surface area contributed by atoms with Gasteiger partial charge in [-0.3, -0.25) is 14.4 Å². The Labute approximate surface area is 177 Å². The molecule has 1 N–H and O–H groups in total. The number of halogens is 1. The average Bonchev–Trinajstić information content (AvgIpc) is 3.16. The number of fused-ring (bicyclic) bond motifs is 4. The van der Waals surface area contributed by atoms with Crippen LogP contribution in [0.5, 0.6) is 0 Å². The van der Waals surface area contributed by atoms with E-state index in [1.165, 1.54) is 11.5 Å². The Morgan fingerprint density at radius 3 is 2.79 bits per heavy atom. The lowest BCUT2D eigenvalue weighted by atomic mass is 10.0. The van der Waals surface area contributed by atoms with Crippen molar-refractivity contribution in [2.75, 3.05) is 6.54 Å². The third-order valence-corrected chi connectivity index (χ3v) is 6.53. The maximum Gasteiger partial charge on any atom is 0.226 e. The molecule has 29 heavy (non-hydrogen) atoms. The van der Waals surface area contributed by atoms with Crippen molar-refractivity contribution in [2.45, 2.75) is 32.7 Å². The predicted octanol–water partition coefficient (Wildman–Crippen LogP) is 3.20. The molecule has 5 rings (SSSR count). The normalized spacial score (nSPS) is 21.9. The van der Waals surface area contributed by atoms with Gasteiger partial charge in [0.2, 0.25) is 5.91 Å². The summed E-state index contributed by atoms with van der Waals surface area (Å²) < 4.78 is 6.66. The van der Waals surface area contributed by atoms with Crippen LogP contribution in [-0.4, -0.2) is 37.3 Å². The third kappa shape index (κ3) is 2.66. The van der Waals surface area contributed by atoms with Gasteiger partial charge in [0.05, 0.1) is 17.2 Å². The van der Waals surface area contributed by atoms with E-state index in [1.807, 2.05) is 49.6 Å². The molecule has 2 atom stereocenters. The molecule has 9 heteroatoms. The maximum atomic E-state index is 12.7. The van der Waals surface area contributed by atoms with Gasteiger partial charge in [-0.05, 0) is 50.9 Å². The van der Waals surface area contributed by atoms with E-state index in [4.69, 9.17) is 21.0 Å². The van der Waals surface area contributed by atoms with Gasteiger partial charge in [0.15, 0.2) is 11.6 Å². The Bertz CT molecular complexity index is 1160. The molecule has 1 saturated carbocycles. The summed E-state index contributed by atoms with van der Waals surface area (Å²) in [5, 5.41) is 12.3. The Hall–Kier alpha value is -2.58. The number of rotatable bonds is 3. The smallest absolute Gasteiger partial charge is 0.226 e. The van der Waals surface area contributed by atoms with Crippen molar-refractivity contribution in [3.8, 4) is 5.82 Å². The summed E-state index contributed by atoms with van der Waals surface area (Å²) >= 11 is 7.54. The Kier molecular flexibility index (Phi) is 4.11. The topological polar surface area (TPSA) is 85.1 Å². The van der Waals surface area contributed by atoms with E-state index < -0.39 is 5.54 Å². The van der Waals surface area contributed by atoms with Gasteiger partial charge in [0.25, 0.3) is 0 Å². The van der Waals surface area contributed by atoms with Crippen molar-refractivity contribution in [3.05, 3.63) is 56.9 Å². The van der Waals surface area contributed by atoms with Crippen LogP contribution in [0.25, 0.3) is 5.82 Å². The molecule has 2 aromatic heterocycles. The van der Waals surface area contributed by atoms with Crippen LogP contribution in [0.3, 0.4) is 0 Å². The molecular formula is C20H19ClN6OS. The van der Waals surface area contributed by atoms with Gasteiger partial charge >= 0.3 is 0 Å². The van der Waals surface area contributed by atoms with Crippen LogP contribution in [0.4, 0.5) is 0 Å². The monoisotopic (exact) mass is 426 g/mol. The van der Waals surface area contributed by atoms with Gasteiger partial charge in [-0.25, -0.2) is 0 Å². The number of carbonyl (C=O) groups excluding carboxylic acids is 1. The second-order valence-corrected chi connectivity index (χ2v) is 8.80. The number of hydrogen-bond donors (Lipinski definition) is 1. The molecule has 1 amide bonds. The standard InChI is InChI=1S/C20H19ClN6OS/c1-4-22-18(28)14-9-20(14)19-25-24-11(3)27(19)17-15(10(2)29-26-17)16(23-20)12-5-7-13(21)8-6-12/h5-8,14H,4,9H2,1-3H3,(H,22,28). The SMILES string of the molecule is CCNC(=O)C1CC12N=C(c1ccc(Cl)cc1)c1c(nsc1C)-n1c(C)nnc12. The summed E-state index contributed by atoms with van der Waals surface area (Å²) in [5.74, 6) is 1.91. The van der Waals surface area contributed by atoms with E-state index in [-0.39, 0.29) is 11.8 Å². The van der Waals surface area contributed by atoms with Crippen molar-refractivity contribution < 1.29 is 4.79 Å². The first kappa shape index (κ1) is 18.4. The van der Waals surface area contributed by atoms with Crippen LogP contribution in [-0.2, 0) is 10.3 Å². The van der Waals surface area contributed by atoms with Gasteiger partial charge in [0.1, 0.15) is 11.4 Å². The molecule has 0 radical (unpaired) electrons. The number of hydrogen-bond acceptors (Lipinski definition) is 6. The quantitative estimate of drug-likeness (QED) is 0.696. The molecule has 1 aliphatic heterocycles. The predicted molar refractivity (Wildman–Crippen MR) is 112 cm³/mol. The van der Waals surface area contributed by atoms with Crippen molar-refractivity contribution in [1.29, 1.82) is 0 Å². The van der Waals surface area contributed by atoms with Gasteiger partial charge in [-0.1, -0.05) is 23.7 Å². The zero-order chi connectivity index (χ0) is 20.3. The molecule has 0 saturated heterocycles. The lowest BCUT2D eigenvalue weighted by molar-refractivity contribution is -0.122. The highest BCUT2D eigenvalue weighted by Crippen LogP contribution is 2.57. The molecule has 7 nitrogen and oxygen atoms in total. The fourth-order valence-electron chi connectivity index (χ4n) is 4.03. The average molecular weight is 427 g/mol. The van der Waals surface area contributed by atoms with Crippen LogP contribution in [0.15, 0.2) is 29.3 Å². The zero-order valence-corrected chi connectivity index (χ0v) is 17.8. The fraction of sp³-hybridized carbons (Fsp3) is 0.350. The number of nitrogens with zero attached hydrogens (tertiary/aromatic N) is 5. The minimum Gasteiger partial charge on any atom is -0.356 e. The molecule has 2 aliphatic rings. The second kappa shape index (κ2) is 6.47. The van der Waals surface area contributed by atoms with E-state index in [2.05, 4.69) is 15.5 Å². The summed E-state index contributed by atoms with van der Waals surface area (Å²) in [4.78, 5) is 18.9. The second-order valence-electron chi connectivity index (χ2n) is 7.39. The number of nitrogens with one attached hydrogen (secondary N) is 1. The zero-order valence-electron chi connectivity index (χ0n) is 16.2. The largest absolute Gasteiger partial charge is 0.356 e. The maximum absolute atomic E-state index is 12.7. The first-order chi connectivity index (χ1) is 14.0. The molecule has 1 aliphatic carbocycles. The minimum atomic E-state index is -0.736. The Balaban J connectivity index is 1.77. The lowest BCUT2D eigenvalue weighted by Gasteiger charge is -2.12. The number of benzene rings is 1. The Morgan fingerprint density at radius 2 is 2.07 bits per heavy atom. The first-order valence-corrected chi connectivity index (χ1v) is 10.6. The number of aromatic nitrogens is 4. The molecule has 3 aromatic rings. The van der Waals surface area contributed by atoms with Crippen LogP contribution < -0.4 is 5.32 Å². The number of carbonyl (C=O) groups is 1.